The largest absolute Gasteiger partial charge is 0.497 e. The molecule has 0 saturated carbocycles. The zero-order valence-electron chi connectivity index (χ0n) is 17.9. The minimum Gasteiger partial charge on any atom is -0.497 e. The Bertz CT molecular complexity index is 1000. The summed E-state index contributed by atoms with van der Waals surface area (Å²) in [5, 5.41) is 5.27. The molecule has 0 spiro atoms. The Hall–Kier alpha value is -3.75. The van der Waals surface area contributed by atoms with E-state index in [1.54, 1.807) is 57.7 Å². The van der Waals surface area contributed by atoms with Gasteiger partial charge in [0.1, 0.15) is 11.5 Å². The maximum Gasteiger partial charge on any atom is 0.231 e. The minimum absolute atomic E-state index is 0.0718. The lowest BCUT2D eigenvalue weighted by molar-refractivity contribution is -0.120. The second-order valence-electron chi connectivity index (χ2n) is 6.77. The molecule has 1 atom stereocenters. The molecule has 2 aromatic carbocycles. The lowest BCUT2D eigenvalue weighted by Gasteiger charge is -2.23. The summed E-state index contributed by atoms with van der Waals surface area (Å²) < 4.78 is 21.1. The van der Waals surface area contributed by atoms with E-state index in [0.29, 0.717) is 28.6 Å². The van der Waals surface area contributed by atoms with Crippen molar-refractivity contribution in [3.05, 3.63) is 47.5 Å². The van der Waals surface area contributed by atoms with E-state index in [2.05, 4.69) is 15.6 Å². The van der Waals surface area contributed by atoms with Gasteiger partial charge in [-0.1, -0.05) is 6.07 Å². The number of rotatable bonds is 7. The second kappa shape index (κ2) is 9.84. The first kappa shape index (κ1) is 21.9. The zero-order chi connectivity index (χ0) is 22.4. The monoisotopic (exact) mass is 427 g/mol. The lowest BCUT2D eigenvalue weighted by Crippen LogP contribution is -2.47. The number of guanidine groups is 1. The van der Waals surface area contributed by atoms with Crippen LogP contribution in [0.1, 0.15) is 23.6 Å². The quantitative estimate of drug-likeness (QED) is 0.700. The van der Waals surface area contributed by atoms with E-state index in [9.17, 15) is 9.59 Å². The van der Waals surface area contributed by atoms with Gasteiger partial charge >= 0.3 is 0 Å². The molecule has 0 radical (unpaired) electrons. The van der Waals surface area contributed by atoms with E-state index in [0.717, 1.165) is 5.56 Å². The van der Waals surface area contributed by atoms with Crippen molar-refractivity contribution in [2.24, 2.45) is 4.99 Å². The normalized spacial score (nSPS) is 15.4. The Labute approximate surface area is 180 Å². The standard InChI is InChI=1S/C22H25N3O6/c1-28-14-6-8-17(29-2)15(11-14)16-12-21(27)25-22(23-16)24-20(26)10-13-5-7-18(30-3)19(9-13)31-4/h5-9,11,16H,10,12H2,1-4H3,(H2,23,24,25,26,27). The number of ether oxygens (including phenoxy) is 4. The van der Waals surface area contributed by atoms with Crippen molar-refractivity contribution < 1.29 is 28.5 Å². The van der Waals surface area contributed by atoms with Crippen LogP contribution in [0.25, 0.3) is 0 Å². The zero-order valence-corrected chi connectivity index (χ0v) is 17.9. The Morgan fingerprint density at radius 2 is 1.71 bits per heavy atom. The predicted octanol–water partition coefficient (Wildman–Crippen LogP) is 2.00. The molecule has 0 bridgehead atoms. The van der Waals surface area contributed by atoms with Crippen molar-refractivity contribution in [3.8, 4) is 23.0 Å². The number of nitrogens with zero attached hydrogens (tertiary/aromatic N) is 1. The Morgan fingerprint density at radius 1 is 1.00 bits per heavy atom. The fraction of sp³-hybridized carbons (Fsp3) is 0.318. The van der Waals surface area contributed by atoms with Crippen LogP contribution < -0.4 is 29.6 Å². The first-order chi connectivity index (χ1) is 15.0. The molecule has 0 saturated heterocycles. The Kier molecular flexibility index (Phi) is 6.96. The van der Waals surface area contributed by atoms with E-state index < -0.39 is 6.04 Å². The van der Waals surface area contributed by atoms with Crippen LogP contribution in [0.4, 0.5) is 0 Å². The number of benzene rings is 2. The molecule has 2 N–H and O–H groups in total. The summed E-state index contributed by atoms with van der Waals surface area (Å²) in [5.41, 5.74) is 1.42. The summed E-state index contributed by atoms with van der Waals surface area (Å²) in [5.74, 6) is 1.82. The fourth-order valence-electron chi connectivity index (χ4n) is 3.29. The molecule has 0 fully saturated rings. The third kappa shape index (κ3) is 5.25. The van der Waals surface area contributed by atoms with Crippen molar-refractivity contribution in [2.75, 3.05) is 28.4 Å². The van der Waals surface area contributed by atoms with Gasteiger partial charge in [0.2, 0.25) is 17.8 Å². The molecule has 0 aliphatic carbocycles. The molecule has 9 heteroatoms. The predicted molar refractivity (Wildman–Crippen MR) is 114 cm³/mol. The van der Waals surface area contributed by atoms with Crippen LogP contribution in [-0.2, 0) is 16.0 Å². The van der Waals surface area contributed by atoms with Gasteiger partial charge in [-0.2, -0.15) is 0 Å². The Morgan fingerprint density at radius 3 is 2.39 bits per heavy atom. The van der Waals surface area contributed by atoms with Crippen molar-refractivity contribution in [3.63, 3.8) is 0 Å². The molecule has 1 aliphatic rings. The number of nitrogens with one attached hydrogen (secondary N) is 2. The maximum absolute atomic E-state index is 12.5. The number of hydrogen-bond acceptors (Lipinski definition) is 7. The molecule has 164 valence electrons. The third-order valence-corrected chi connectivity index (χ3v) is 4.79. The van der Waals surface area contributed by atoms with Gasteiger partial charge in [0, 0.05) is 5.56 Å². The molecule has 2 amide bonds. The van der Waals surface area contributed by atoms with Crippen LogP contribution in [-0.4, -0.2) is 46.2 Å². The summed E-state index contributed by atoms with van der Waals surface area (Å²) in [6.07, 6.45) is 0.195. The van der Waals surface area contributed by atoms with Crippen LogP contribution in [0.2, 0.25) is 0 Å². The van der Waals surface area contributed by atoms with E-state index >= 15 is 0 Å². The number of carbonyl (C=O) groups excluding carboxylic acids is 2. The van der Waals surface area contributed by atoms with Gasteiger partial charge in [0.25, 0.3) is 0 Å². The first-order valence-electron chi connectivity index (χ1n) is 9.57. The summed E-state index contributed by atoms with van der Waals surface area (Å²) in [7, 11) is 6.18. The SMILES string of the molecule is COc1ccc(OC)c(C2CC(=O)NC(NC(=O)Cc3ccc(OC)c(OC)c3)=N2)c1. The summed E-state index contributed by atoms with van der Waals surface area (Å²) >= 11 is 0. The first-order valence-corrected chi connectivity index (χ1v) is 9.57. The molecule has 3 rings (SSSR count). The highest BCUT2D eigenvalue weighted by atomic mass is 16.5. The summed E-state index contributed by atoms with van der Waals surface area (Å²) in [4.78, 5) is 29.3. The minimum atomic E-state index is -0.518. The maximum atomic E-state index is 12.5. The van der Waals surface area contributed by atoms with Crippen LogP contribution in [0.15, 0.2) is 41.4 Å². The van der Waals surface area contributed by atoms with Gasteiger partial charge in [-0.25, -0.2) is 4.99 Å². The van der Waals surface area contributed by atoms with Gasteiger partial charge in [0.15, 0.2) is 11.5 Å². The van der Waals surface area contributed by atoms with Gasteiger partial charge in [0.05, 0.1) is 47.3 Å². The molecule has 1 heterocycles. The number of methoxy groups -OCH3 is 4. The molecule has 1 aliphatic heterocycles. The molecule has 1 unspecified atom stereocenters. The average Bonchev–Trinajstić information content (AvgIpc) is 2.77. The van der Waals surface area contributed by atoms with Gasteiger partial charge < -0.3 is 18.9 Å². The third-order valence-electron chi connectivity index (χ3n) is 4.79. The number of amides is 2. The number of hydrogen-bond donors (Lipinski definition) is 2. The van der Waals surface area contributed by atoms with Gasteiger partial charge in [-0.05, 0) is 35.9 Å². The molecule has 31 heavy (non-hydrogen) atoms. The molecule has 0 aromatic heterocycles. The molecular weight excluding hydrogens is 402 g/mol. The second-order valence-corrected chi connectivity index (χ2v) is 6.77. The number of carbonyl (C=O) groups is 2. The molecule has 2 aromatic rings. The average molecular weight is 427 g/mol. The molecular formula is C22H25N3O6. The van der Waals surface area contributed by atoms with E-state index in [4.69, 9.17) is 18.9 Å². The van der Waals surface area contributed by atoms with Crippen molar-refractivity contribution in [1.82, 2.24) is 10.6 Å². The van der Waals surface area contributed by atoms with Crippen LogP contribution in [0, 0.1) is 0 Å². The van der Waals surface area contributed by atoms with Gasteiger partial charge in [-0.3, -0.25) is 20.2 Å². The Balaban J connectivity index is 1.77. The van der Waals surface area contributed by atoms with E-state index in [-0.39, 0.29) is 30.6 Å². The topological polar surface area (TPSA) is 107 Å². The highest BCUT2D eigenvalue weighted by molar-refractivity contribution is 6.06. The van der Waals surface area contributed by atoms with E-state index in [1.807, 2.05) is 0 Å². The highest BCUT2D eigenvalue weighted by Gasteiger charge is 2.26. The lowest BCUT2D eigenvalue weighted by atomic mass is 10.0. The van der Waals surface area contributed by atoms with Gasteiger partial charge in [-0.15, -0.1) is 0 Å². The van der Waals surface area contributed by atoms with E-state index in [1.165, 1.54) is 7.11 Å². The van der Waals surface area contributed by atoms with Crippen molar-refractivity contribution >= 4 is 17.8 Å². The highest BCUT2D eigenvalue weighted by Crippen LogP contribution is 2.34. The van der Waals surface area contributed by atoms with Crippen LogP contribution in [0.3, 0.4) is 0 Å². The fourth-order valence-corrected chi connectivity index (χ4v) is 3.29. The molecule has 9 nitrogen and oxygen atoms in total. The van der Waals surface area contributed by atoms with Crippen LogP contribution >= 0.6 is 0 Å². The van der Waals surface area contributed by atoms with Crippen molar-refractivity contribution in [2.45, 2.75) is 18.9 Å². The summed E-state index contributed by atoms with van der Waals surface area (Å²) in [6, 6.07) is 10.00. The smallest absolute Gasteiger partial charge is 0.231 e. The summed E-state index contributed by atoms with van der Waals surface area (Å²) in [6.45, 7) is 0. The van der Waals surface area contributed by atoms with Crippen molar-refractivity contribution in [1.29, 1.82) is 0 Å². The van der Waals surface area contributed by atoms with Crippen LogP contribution in [0.5, 0.6) is 23.0 Å². The number of aliphatic imine (C=N–C) groups is 1.